The van der Waals surface area contributed by atoms with Gasteiger partial charge in [0, 0.05) is 38.9 Å². The lowest BCUT2D eigenvalue weighted by Crippen LogP contribution is -2.50. The van der Waals surface area contributed by atoms with Crippen molar-refractivity contribution in [3.05, 3.63) is 0 Å². The molecule has 0 aromatic rings. The molecule has 1 atom stereocenters. The standard InChI is InChI=1S/C21H40N4O6S/c1-3-4-5-6-7-8-15-32-16-18(24-17(2)26)19(27)25(13-9-11-22-20(28)29)14-10-12-23-21(30)31/h18,22-23H,3-16H2,1-2H3,(H,24,26)(H,28,29)(H,30,31)/t18-/m0/s1. The molecule has 0 unspecified atom stereocenters. The van der Waals surface area contributed by atoms with E-state index in [1.807, 2.05) is 0 Å². The molecule has 0 aromatic heterocycles. The number of nitrogens with one attached hydrogen (secondary N) is 3. The van der Waals surface area contributed by atoms with E-state index in [1.54, 1.807) is 16.7 Å². The van der Waals surface area contributed by atoms with Crippen LogP contribution in [0.3, 0.4) is 0 Å². The van der Waals surface area contributed by atoms with Gasteiger partial charge in [0.05, 0.1) is 0 Å². The Balaban J connectivity index is 4.72. The van der Waals surface area contributed by atoms with Gasteiger partial charge in [-0.3, -0.25) is 9.59 Å². The van der Waals surface area contributed by atoms with E-state index in [0.717, 1.165) is 18.6 Å². The van der Waals surface area contributed by atoms with Crippen molar-refractivity contribution in [1.82, 2.24) is 20.9 Å². The monoisotopic (exact) mass is 476 g/mol. The van der Waals surface area contributed by atoms with Crippen molar-refractivity contribution in [2.45, 2.75) is 71.3 Å². The maximum Gasteiger partial charge on any atom is 0.404 e. The molecule has 0 aromatic carbocycles. The molecule has 0 fully saturated rings. The largest absolute Gasteiger partial charge is 0.465 e. The topological polar surface area (TPSA) is 148 Å². The van der Waals surface area contributed by atoms with Gasteiger partial charge >= 0.3 is 12.2 Å². The zero-order chi connectivity index (χ0) is 24.2. The molecule has 186 valence electrons. The Labute approximate surface area is 195 Å². The van der Waals surface area contributed by atoms with Gasteiger partial charge in [0.2, 0.25) is 11.8 Å². The molecule has 0 bridgehead atoms. The van der Waals surface area contributed by atoms with Crippen molar-refractivity contribution in [3.63, 3.8) is 0 Å². The van der Waals surface area contributed by atoms with Gasteiger partial charge in [0.25, 0.3) is 0 Å². The molecular weight excluding hydrogens is 436 g/mol. The van der Waals surface area contributed by atoms with Gasteiger partial charge in [-0.15, -0.1) is 0 Å². The first-order chi connectivity index (χ1) is 15.3. The Morgan fingerprint density at radius 3 is 1.88 bits per heavy atom. The van der Waals surface area contributed by atoms with Crippen molar-refractivity contribution in [1.29, 1.82) is 0 Å². The zero-order valence-corrected chi connectivity index (χ0v) is 20.2. The normalized spacial score (nSPS) is 11.4. The van der Waals surface area contributed by atoms with Gasteiger partial charge in [-0.2, -0.15) is 11.8 Å². The average Bonchev–Trinajstić information content (AvgIpc) is 2.72. The summed E-state index contributed by atoms with van der Waals surface area (Å²) in [5.41, 5.74) is 0. The molecule has 0 aliphatic heterocycles. The maximum atomic E-state index is 13.1. The van der Waals surface area contributed by atoms with E-state index < -0.39 is 18.2 Å². The van der Waals surface area contributed by atoms with Gasteiger partial charge in [0.15, 0.2) is 0 Å². The summed E-state index contributed by atoms with van der Waals surface area (Å²) in [4.78, 5) is 47.6. The minimum absolute atomic E-state index is 0.198. The third-order valence-electron chi connectivity index (χ3n) is 4.68. The van der Waals surface area contributed by atoms with Crippen LogP contribution in [0.5, 0.6) is 0 Å². The third-order valence-corrected chi connectivity index (χ3v) is 5.82. The smallest absolute Gasteiger partial charge is 0.404 e. The molecule has 0 aliphatic carbocycles. The molecule has 0 saturated heterocycles. The van der Waals surface area contributed by atoms with E-state index in [0.29, 0.717) is 31.7 Å². The number of nitrogens with zero attached hydrogens (tertiary/aromatic N) is 1. The summed E-state index contributed by atoms with van der Waals surface area (Å²) >= 11 is 1.64. The molecule has 0 heterocycles. The average molecular weight is 477 g/mol. The van der Waals surface area contributed by atoms with E-state index in [2.05, 4.69) is 22.9 Å². The number of carboxylic acid groups (broad SMARTS) is 2. The second-order valence-corrected chi connectivity index (χ2v) is 8.74. The molecule has 4 amide bonds. The van der Waals surface area contributed by atoms with Crippen LogP contribution in [-0.2, 0) is 9.59 Å². The highest BCUT2D eigenvalue weighted by Crippen LogP contribution is 2.12. The van der Waals surface area contributed by atoms with Crippen LogP contribution in [0.15, 0.2) is 0 Å². The first-order valence-electron chi connectivity index (χ1n) is 11.3. The highest BCUT2D eigenvalue weighted by atomic mass is 32.2. The van der Waals surface area contributed by atoms with Crippen molar-refractivity contribution in [2.24, 2.45) is 0 Å². The van der Waals surface area contributed by atoms with Crippen LogP contribution in [0.4, 0.5) is 9.59 Å². The van der Waals surface area contributed by atoms with Gasteiger partial charge in [-0.1, -0.05) is 39.0 Å². The van der Waals surface area contributed by atoms with Crippen LogP contribution in [0, 0.1) is 0 Å². The fourth-order valence-corrected chi connectivity index (χ4v) is 4.13. The van der Waals surface area contributed by atoms with Gasteiger partial charge in [-0.25, -0.2) is 9.59 Å². The summed E-state index contributed by atoms with van der Waals surface area (Å²) in [6, 6.07) is -0.669. The molecular formula is C21H40N4O6S. The highest BCUT2D eigenvalue weighted by Gasteiger charge is 2.24. The summed E-state index contributed by atoms with van der Waals surface area (Å²) in [6.07, 6.45) is 5.74. The second kappa shape index (κ2) is 19.5. The molecule has 0 rings (SSSR count). The van der Waals surface area contributed by atoms with E-state index in [9.17, 15) is 19.2 Å². The molecule has 0 radical (unpaired) electrons. The van der Waals surface area contributed by atoms with Crippen molar-refractivity contribution >= 4 is 35.8 Å². The van der Waals surface area contributed by atoms with Crippen LogP contribution < -0.4 is 16.0 Å². The minimum atomic E-state index is -1.13. The number of hydrogen-bond donors (Lipinski definition) is 5. The van der Waals surface area contributed by atoms with E-state index >= 15 is 0 Å². The number of hydrogen-bond acceptors (Lipinski definition) is 5. The Morgan fingerprint density at radius 1 is 0.844 bits per heavy atom. The van der Waals surface area contributed by atoms with Crippen LogP contribution in [0.25, 0.3) is 0 Å². The van der Waals surface area contributed by atoms with Gasteiger partial charge in [-0.05, 0) is 25.0 Å². The molecule has 0 aliphatic rings. The van der Waals surface area contributed by atoms with Crippen LogP contribution in [0.1, 0.15) is 65.2 Å². The Kier molecular flexibility index (Phi) is 18.2. The van der Waals surface area contributed by atoms with Crippen LogP contribution in [0.2, 0.25) is 0 Å². The first kappa shape index (κ1) is 29.8. The zero-order valence-electron chi connectivity index (χ0n) is 19.4. The lowest BCUT2D eigenvalue weighted by Gasteiger charge is -2.28. The molecule has 5 N–H and O–H groups in total. The van der Waals surface area contributed by atoms with Crippen molar-refractivity contribution in [3.8, 4) is 0 Å². The summed E-state index contributed by atoms with van der Waals surface area (Å²) < 4.78 is 0. The third kappa shape index (κ3) is 17.5. The summed E-state index contributed by atoms with van der Waals surface area (Å²) in [7, 11) is 0. The predicted octanol–water partition coefficient (Wildman–Crippen LogP) is 2.73. The number of carbonyl (C=O) groups is 4. The number of rotatable bonds is 19. The van der Waals surface area contributed by atoms with E-state index in [-0.39, 0.29) is 24.9 Å². The second-order valence-electron chi connectivity index (χ2n) is 7.59. The minimum Gasteiger partial charge on any atom is -0.465 e. The number of amides is 4. The van der Waals surface area contributed by atoms with Crippen LogP contribution >= 0.6 is 11.8 Å². The molecule has 11 heteroatoms. The number of carbonyl (C=O) groups excluding carboxylic acids is 2. The molecule has 32 heavy (non-hydrogen) atoms. The Morgan fingerprint density at radius 2 is 1.38 bits per heavy atom. The Hall–Kier alpha value is -2.17. The van der Waals surface area contributed by atoms with E-state index in [1.165, 1.54) is 32.6 Å². The maximum absolute atomic E-state index is 13.1. The van der Waals surface area contributed by atoms with Gasteiger partial charge < -0.3 is 31.1 Å². The number of unbranched alkanes of at least 4 members (excludes halogenated alkanes) is 5. The molecule has 0 spiro atoms. The molecule has 10 nitrogen and oxygen atoms in total. The summed E-state index contributed by atoms with van der Waals surface area (Å²) in [6.45, 7) is 4.57. The summed E-state index contributed by atoms with van der Waals surface area (Å²) in [5.74, 6) is 0.857. The number of thioether (sulfide) groups is 1. The lowest BCUT2D eigenvalue weighted by molar-refractivity contribution is -0.135. The van der Waals surface area contributed by atoms with Crippen LogP contribution in [-0.4, -0.2) is 82.8 Å². The van der Waals surface area contributed by atoms with E-state index in [4.69, 9.17) is 10.2 Å². The highest BCUT2D eigenvalue weighted by molar-refractivity contribution is 7.99. The SMILES string of the molecule is CCCCCCCCSC[C@H](NC(C)=O)C(=O)N(CCCNC(=O)O)CCCNC(=O)O. The summed E-state index contributed by atoms with van der Waals surface area (Å²) in [5, 5.41) is 24.6. The predicted molar refractivity (Wildman–Crippen MR) is 126 cm³/mol. The lowest BCUT2D eigenvalue weighted by atomic mass is 10.1. The first-order valence-corrected chi connectivity index (χ1v) is 12.5. The molecule has 0 saturated carbocycles. The van der Waals surface area contributed by atoms with Gasteiger partial charge in [0.1, 0.15) is 6.04 Å². The fraction of sp³-hybridized carbons (Fsp3) is 0.810. The Bertz CT molecular complexity index is 542. The fourth-order valence-electron chi connectivity index (χ4n) is 3.09. The quantitative estimate of drug-likeness (QED) is 0.180. The van der Waals surface area contributed by atoms with Crippen molar-refractivity contribution < 1.29 is 29.4 Å². The van der Waals surface area contributed by atoms with Crippen molar-refractivity contribution in [2.75, 3.05) is 37.7 Å².